The van der Waals surface area contributed by atoms with Gasteiger partial charge in [-0.15, -0.1) is 0 Å². The fourth-order valence-electron chi connectivity index (χ4n) is 5.05. The van der Waals surface area contributed by atoms with E-state index in [1.165, 1.54) is 44.9 Å². The minimum absolute atomic E-state index is 0.174. The van der Waals surface area contributed by atoms with Crippen molar-refractivity contribution in [3.8, 4) is 0 Å². The highest BCUT2D eigenvalue weighted by molar-refractivity contribution is 7.47. The molecule has 0 aromatic heterocycles. The van der Waals surface area contributed by atoms with Crippen LogP contribution in [-0.4, -0.2) is 65.7 Å². The number of ether oxygens (including phenoxy) is 2. The number of unbranched alkanes of at least 4 members (excludes halogenated alkanes) is 18. The Hall–Kier alpha value is -1.55. The summed E-state index contributed by atoms with van der Waals surface area (Å²) in [5.41, 5.74) is 0. The highest BCUT2D eigenvalue weighted by Gasteiger charge is 2.27. The number of hydrogen-bond donors (Lipinski definition) is 3. The van der Waals surface area contributed by atoms with Crippen LogP contribution in [0.25, 0.3) is 0 Å². The summed E-state index contributed by atoms with van der Waals surface area (Å²) in [7, 11) is -4.61. The molecule has 0 saturated carbocycles. The van der Waals surface area contributed by atoms with E-state index in [1.807, 2.05) is 0 Å². The number of rotatable bonds is 36. The van der Waals surface area contributed by atoms with E-state index in [2.05, 4.69) is 42.7 Å². The molecule has 0 spiro atoms. The fraction of sp³-hybridized carbons (Fsp3) is 0.842. The maximum absolute atomic E-state index is 12.5. The first-order valence-electron chi connectivity index (χ1n) is 19.3. The van der Waals surface area contributed by atoms with E-state index >= 15 is 0 Å². The molecule has 0 aliphatic carbocycles. The molecule has 0 aromatic rings. The molecule has 0 aliphatic heterocycles. The summed E-state index contributed by atoms with van der Waals surface area (Å²) in [6.45, 7) is 2.28. The number of aliphatic hydroxyl groups is 2. The van der Waals surface area contributed by atoms with Gasteiger partial charge in [0.05, 0.1) is 19.8 Å². The monoisotopic (exact) mass is 718 g/mol. The van der Waals surface area contributed by atoms with Gasteiger partial charge in [-0.05, 0) is 57.8 Å². The second kappa shape index (κ2) is 34.9. The van der Waals surface area contributed by atoms with Gasteiger partial charge in [0.1, 0.15) is 12.7 Å². The number of phosphoric acid groups is 1. The third-order valence-corrected chi connectivity index (χ3v) is 9.01. The number of aliphatic hydroxyl groups excluding tert-OH is 2. The summed E-state index contributed by atoms with van der Waals surface area (Å²) in [6, 6.07) is 0. The van der Waals surface area contributed by atoms with Crippen LogP contribution in [0.15, 0.2) is 24.3 Å². The first kappa shape index (κ1) is 47.4. The van der Waals surface area contributed by atoms with E-state index in [4.69, 9.17) is 19.1 Å². The van der Waals surface area contributed by atoms with Crippen LogP contribution in [0.5, 0.6) is 0 Å². The molecule has 49 heavy (non-hydrogen) atoms. The molecule has 0 bridgehead atoms. The third kappa shape index (κ3) is 34.7. The van der Waals surface area contributed by atoms with Crippen molar-refractivity contribution >= 4 is 19.8 Å². The van der Waals surface area contributed by atoms with E-state index in [9.17, 15) is 24.2 Å². The minimum atomic E-state index is -4.61. The van der Waals surface area contributed by atoms with Gasteiger partial charge in [0, 0.05) is 12.8 Å². The van der Waals surface area contributed by atoms with Gasteiger partial charge < -0.3 is 24.6 Å². The summed E-state index contributed by atoms with van der Waals surface area (Å²) < 4.78 is 32.5. The zero-order chi connectivity index (χ0) is 36.3. The van der Waals surface area contributed by atoms with Gasteiger partial charge in [-0.2, -0.15) is 0 Å². The van der Waals surface area contributed by atoms with Crippen LogP contribution < -0.4 is 0 Å². The van der Waals surface area contributed by atoms with Gasteiger partial charge in [-0.25, -0.2) is 4.57 Å². The first-order valence-corrected chi connectivity index (χ1v) is 20.8. The lowest BCUT2D eigenvalue weighted by molar-refractivity contribution is -0.161. The van der Waals surface area contributed by atoms with Crippen LogP contribution in [0.2, 0.25) is 0 Å². The van der Waals surface area contributed by atoms with Crippen molar-refractivity contribution in [1.29, 1.82) is 0 Å². The molecule has 10 nitrogen and oxygen atoms in total. The van der Waals surface area contributed by atoms with Crippen LogP contribution in [0, 0.1) is 0 Å². The van der Waals surface area contributed by atoms with E-state index in [-0.39, 0.29) is 19.4 Å². The van der Waals surface area contributed by atoms with Gasteiger partial charge in [-0.3, -0.25) is 18.6 Å². The number of phosphoric ester groups is 1. The summed E-state index contributed by atoms with van der Waals surface area (Å²) in [5.74, 6) is -0.947. The van der Waals surface area contributed by atoms with Crippen LogP contribution >= 0.6 is 7.82 Å². The lowest BCUT2D eigenvalue weighted by atomic mass is 10.1. The summed E-state index contributed by atoms with van der Waals surface area (Å²) >= 11 is 0. The Morgan fingerprint density at radius 3 is 1.55 bits per heavy atom. The van der Waals surface area contributed by atoms with E-state index in [0.717, 1.165) is 83.5 Å². The smallest absolute Gasteiger partial charge is 0.462 e. The van der Waals surface area contributed by atoms with Gasteiger partial charge in [0.2, 0.25) is 0 Å². The molecule has 0 rings (SSSR count). The van der Waals surface area contributed by atoms with Crippen molar-refractivity contribution in [1.82, 2.24) is 0 Å². The average molecular weight is 719 g/mol. The Morgan fingerprint density at radius 2 is 1.04 bits per heavy atom. The molecule has 3 unspecified atom stereocenters. The summed E-state index contributed by atoms with van der Waals surface area (Å²) in [4.78, 5) is 34.8. The second-order valence-electron chi connectivity index (χ2n) is 12.9. The predicted octanol–water partition coefficient (Wildman–Crippen LogP) is 9.44. The SMILES string of the molecule is CCC/C=C\CCCCCCCC(=O)OCC(COP(=O)(O)OCC(O)CO)OC(=O)CCCCCCC/C=C\CCCCCCCCC. The van der Waals surface area contributed by atoms with Crippen molar-refractivity contribution in [2.45, 2.75) is 180 Å². The number of allylic oxidation sites excluding steroid dienone is 4. The van der Waals surface area contributed by atoms with Crippen LogP contribution in [0.1, 0.15) is 168 Å². The Labute approximate surface area is 298 Å². The van der Waals surface area contributed by atoms with Crippen LogP contribution in [0.4, 0.5) is 0 Å². The zero-order valence-electron chi connectivity index (χ0n) is 30.9. The van der Waals surface area contributed by atoms with Crippen molar-refractivity contribution in [3.05, 3.63) is 24.3 Å². The maximum Gasteiger partial charge on any atom is 0.472 e. The number of hydrogen-bond acceptors (Lipinski definition) is 9. The molecule has 0 fully saturated rings. The predicted molar refractivity (Wildman–Crippen MR) is 196 cm³/mol. The quantitative estimate of drug-likeness (QED) is 0.0248. The minimum Gasteiger partial charge on any atom is -0.462 e. The van der Waals surface area contributed by atoms with Crippen molar-refractivity contribution in [2.75, 3.05) is 26.4 Å². The van der Waals surface area contributed by atoms with E-state index in [1.54, 1.807) is 0 Å². The topological polar surface area (TPSA) is 149 Å². The Balaban J connectivity index is 4.36. The highest BCUT2D eigenvalue weighted by atomic mass is 31.2. The maximum atomic E-state index is 12.5. The zero-order valence-corrected chi connectivity index (χ0v) is 31.8. The molecule has 11 heteroatoms. The molecule has 0 radical (unpaired) electrons. The third-order valence-electron chi connectivity index (χ3n) is 8.06. The summed E-state index contributed by atoms with van der Waals surface area (Å²) in [6.07, 6.45) is 31.5. The van der Waals surface area contributed by atoms with Gasteiger partial charge >= 0.3 is 19.8 Å². The normalized spacial score (nSPS) is 14.3. The van der Waals surface area contributed by atoms with E-state index < -0.39 is 51.8 Å². The number of esters is 2. The molecule has 0 heterocycles. The van der Waals surface area contributed by atoms with Crippen molar-refractivity contribution < 1.29 is 47.8 Å². The van der Waals surface area contributed by atoms with E-state index in [0.29, 0.717) is 12.8 Å². The van der Waals surface area contributed by atoms with Crippen molar-refractivity contribution in [3.63, 3.8) is 0 Å². The lowest BCUT2D eigenvalue weighted by Gasteiger charge is -2.20. The molecular weight excluding hydrogens is 647 g/mol. The standard InChI is InChI=1S/C38H71O10P/c1-3-5-7-9-11-13-15-16-17-18-19-20-22-24-26-28-30-38(42)48-36(34-47-49(43,44)46-32-35(40)31-39)33-45-37(41)29-27-25-23-21-14-12-10-8-6-4-2/h8,10,17-18,35-36,39-40H,3-7,9,11-16,19-34H2,1-2H3,(H,43,44)/b10-8-,18-17-. The second-order valence-corrected chi connectivity index (χ2v) is 14.4. The molecule has 3 N–H and O–H groups in total. The molecule has 0 amide bonds. The van der Waals surface area contributed by atoms with Gasteiger partial charge in [0.25, 0.3) is 0 Å². The highest BCUT2D eigenvalue weighted by Crippen LogP contribution is 2.43. The lowest BCUT2D eigenvalue weighted by Crippen LogP contribution is -2.29. The summed E-state index contributed by atoms with van der Waals surface area (Å²) in [5, 5.41) is 18.3. The van der Waals surface area contributed by atoms with Gasteiger partial charge in [0.15, 0.2) is 6.10 Å². The van der Waals surface area contributed by atoms with Crippen LogP contribution in [-0.2, 0) is 32.7 Å². The fourth-order valence-corrected chi connectivity index (χ4v) is 5.84. The number of carbonyl (C=O) groups excluding carboxylic acids is 2. The average Bonchev–Trinajstić information content (AvgIpc) is 3.09. The Kier molecular flexibility index (Phi) is 33.8. The molecule has 3 atom stereocenters. The Morgan fingerprint density at radius 1 is 0.592 bits per heavy atom. The molecule has 288 valence electrons. The Bertz CT molecular complexity index is 879. The molecule has 0 saturated heterocycles. The largest absolute Gasteiger partial charge is 0.472 e. The van der Waals surface area contributed by atoms with Crippen LogP contribution in [0.3, 0.4) is 0 Å². The number of carbonyl (C=O) groups is 2. The first-order chi connectivity index (χ1) is 23.7. The molecule has 0 aliphatic rings. The van der Waals surface area contributed by atoms with Gasteiger partial charge in [-0.1, -0.05) is 122 Å². The van der Waals surface area contributed by atoms with Crippen molar-refractivity contribution in [2.24, 2.45) is 0 Å². The molecule has 0 aromatic carbocycles. The molecular formula is C38H71O10P.